The third-order valence-corrected chi connectivity index (χ3v) is 4.78. The number of pyridine rings is 1. The SMILES string of the molecule is CNc1cccc(NCCOc2ccc(C[C@@H](CC(=O)O)c3ccccc3)cc2)n1. The minimum atomic E-state index is -0.786. The highest BCUT2D eigenvalue weighted by atomic mass is 16.5. The Labute approximate surface area is 176 Å². The lowest BCUT2D eigenvalue weighted by Gasteiger charge is -2.16. The van der Waals surface area contributed by atoms with Crippen LogP contribution in [0.15, 0.2) is 72.8 Å². The summed E-state index contributed by atoms with van der Waals surface area (Å²) in [5.74, 6) is 1.55. The number of aliphatic carboxylic acids is 1. The molecule has 0 bridgehead atoms. The summed E-state index contributed by atoms with van der Waals surface area (Å²) in [6.45, 7) is 1.15. The summed E-state index contributed by atoms with van der Waals surface area (Å²) in [7, 11) is 1.84. The number of nitrogens with zero attached hydrogens (tertiary/aromatic N) is 1. The zero-order valence-corrected chi connectivity index (χ0v) is 17.0. The number of aromatic nitrogens is 1. The van der Waals surface area contributed by atoms with Crippen molar-refractivity contribution < 1.29 is 14.6 Å². The number of hydrogen-bond donors (Lipinski definition) is 3. The monoisotopic (exact) mass is 405 g/mol. The van der Waals surface area contributed by atoms with E-state index >= 15 is 0 Å². The van der Waals surface area contributed by atoms with Crippen LogP contribution >= 0.6 is 0 Å². The van der Waals surface area contributed by atoms with Crippen molar-refractivity contribution in [2.45, 2.75) is 18.8 Å². The molecule has 0 spiro atoms. The molecular weight excluding hydrogens is 378 g/mol. The van der Waals surface area contributed by atoms with Crippen molar-refractivity contribution in [1.82, 2.24) is 4.98 Å². The number of benzene rings is 2. The fourth-order valence-electron chi connectivity index (χ4n) is 3.27. The van der Waals surface area contributed by atoms with E-state index in [0.717, 1.165) is 28.5 Å². The zero-order valence-electron chi connectivity index (χ0n) is 17.0. The van der Waals surface area contributed by atoms with Crippen LogP contribution < -0.4 is 15.4 Å². The highest BCUT2D eigenvalue weighted by Gasteiger charge is 2.16. The van der Waals surface area contributed by atoms with Gasteiger partial charge in [-0.3, -0.25) is 4.79 Å². The molecule has 0 saturated heterocycles. The Morgan fingerprint density at radius 3 is 2.43 bits per heavy atom. The first kappa shape index (κ1) is 21.2. The normalized spacial score (nSPS) is 11.5. The molecule has 0 radical (unpaired) electrons. The van der Waals surface area contributed by atoms with Crippen molar-refractivity contribution in [3.63, 3.8) is 0 Å². The predicted octanol–water partition coefficient (Wildman–Crippen LogP) is 4.42. The molecule has 156 valence electrons. The first-order chi connectivity index (χ1) is 14.6. The minimum absolute atomic E-state index is 0.0551. The minimum Gasteiger partial charge on any atom is -0.492 e. The van der Waals surface area contributed by atoms with Gasteiger partial charge in [0.1, 0.15) is 24.0 Å². The summed E-state index contributed by atoms with van der Waals surface area (Å²) >= 11 is 0. The predicted molar refractivity (Wildman–Crippen MR) is 119 cm³/mol. The van der Waals surface area contributed by atoms with Gasteiger partial charge in [0.2, 0.25) is 0 Å². The van der Waals surface area contributed by atoms with Gasteiger partial charge in [-0.2, -0.15) is 0 Å². The van der Waals surface area contributed by atoms with Crippen LogP contribution in [0.1, 0.15) is 23.5 Å². The van der Waals surface area contributed by atoms with E-state index in [-0.39, 0.29) is 12.3 Å². The Balaban J connectivity index is 1.50. The summed E-state index contributed by atoms with van der Waals surface area (Å²) in [4.78, 5) is 15.7. The number of carbonyl (C=O) groups is 1. The molecular formula is C24H27N3O3. The van der Waals surface area contributed by atoms with E-state index in [1.807, 2.05) is 79.8 Å². The molecule has 0 aliphatic rings. The van der Waals surface area contributed by atoms with Crippen molar-refractivity contribution in [3.8, 4) is 5.75 Å². The fraction of sp³-hybridized carbons (Fsp3) is 0.250. The summed E-state index contributed by atoms with van der Waals surface area (Å²) in [6, 6.07) is 23.4. The average molecular weight is 405 g/mol. The van der Waals surface area contributed by atoms with Crippen LogP contribution in [-0.4, -0.2) is 36.3 Å². The second-order valence-corrected chi connectivity index (χ2v) is 6.99. The van der Waals surface area contributed by atoms with Crippen molar-refractivity contribution in [2.24, 2.45) is 0 Å². The van der Waals surface area contributed by atoms with Gasteiger partial charge < -0.3 is 20.5 Å². The van der Waals surface area contributed by atoms with E-state index in [2.05, 4.69) is 15.6 Å². The topological polar surface area (TPSA) is 83.5 Å². The second-order valence-electron chi connectivity index (χ2n) is 6.99. The van der Waals surface area contributed by atoms with E-state index in [1.165, 1.54) is 0 Å². The molecule has 0 aliphatic carbocycles. The second kappa shape index (κ2) is 10.9. The van der Waals surface area contributed by atoms with E-state index < -0.39 is 5.97 Å². The molecule has 1 aromatic heterocycles. The largest absolute Gasteiger partial charge is 0.492 e. The first-order valence-corrected chi connectivity index (χ1v) is 10.0. The number of nitrogens with one attached hydrogen (secondary N) is 2. The number of hydrogen-bond acceptors (Lipinski definition) is 5. The lowest BCUT2D eigenvalue weighted by molar-refractivity contribution is -0.137. The number of carboxylic acids is 1. The van der Waals surface area contributed by atoms with Crippen LogP contribution in [0.2, 0.25) is 0 Å². The van der Waals surface area contributed by atoms with Gasteiger partial charge in [0.15, 0.2) is 0 Å². The van der Waals surface area contributed by atoms with E-state index in [4.69, 9.17) is 4.74 Å². The molecule has 2 aromatic carbocycles. The molecule has 0 saturated carbocycles. The van der Waals surface area contributed by atoms with Crippen molar-refractivity contribution in [3.05, 3.63) is 83.9 Å². The third kappa shape index (κ3) is 6.51. The maximum Gasteiger partial charge on any atom is 0.303 e. The van der Waals surface area contributed by atoms with E-state index in [0.29, 0.717) is 19.6 Å². The van der Waals surface area contributed by atoms with Gasteiger partial charge in [-0.15, -0.1) is 0 Å². The Hall–Kier alpha value is -3.54. The van der Waals surface area contributed by atoms with Gasteiger partial charge in [0.25, 0.3) is 0 Å². The van der Waals surface area contributed by atoms with Crippen LogP contribution in [0.5, 0.6) is 5.75 Å². The maximum absolute atomic E-state index is 11.3. The summed E-state index contributed by atoms with van der Waals surface area (Å²) in [5, 5.41) is 15.5. The molecule has 6 heteroatoms. The Morgan fingerprint density at radius 1 is 1.00 bits per heavy atom. The van der Waals surface area contributed by atoms with Crippen LogP contribution in [0.3, 0.4) is 0 Å². The third-order valence-electron chi connectivity index (χ3n) is 4.78. The van der Waals surface area contributed by atoms with Gasteiger partial charge in [-0.25, -0.2) is 4.98 Å². The summed E-state index contributed by atoms with van der Waals surface area (Å²) in [5.41, 5.74) is 2.13. The number of ether oxygens (including phenoxy) is 1. The molecule has 0 aliphatic heterocycles. The molecule has 0 amide bonds. The van der Waals surface area contributed by atoms with Gasteiger partial charge in [-0.05, 0) is 47.7 Å². The van der Waals surface area contributed by atoms with Crippen molar-refractivity contribution in [1.29, 1.82) is 0 Å². The lowest BCUT2D eigenvalue weighted by atomic mass is 9.89. The molecule has 3 N–H and O–H groups in total. The maximum atomic E-state index is 11.3. The van der Waals surface area contributed by atoms with Gasteiger partial charge in [0, 0.05) is 7.05 Å². The van der Waals surface area contributed by atoms with Crippen LogP contribution in [0.25, 0.3) is 0 Å². The Kier molecular flexibility index (Phi) is 7.66. The molecule has 6 nitrogen and oxygen atoms in total. The first-order valence-electron chi connectivity index (χ1n) is 10.0. The van der Waals surface area contributed by atoms with Gasteiger partial charge >= 0.3 is 5.97 Å². The van der Waals surface area contributed by atoms with Gasteiger partial charge in [-0.1, -0.05) is 48.5 Å². The Morgan fingerprint density at radius 2 is 1.73 bits per heavy atom. The summed E-state index contributed by atoms with van der Waals surface area (Å²) in [6.07, 6.45) is 0.780. The quantitative estimate of drug-likeness (QED) is 0.410. The molecule has 3 aromatic rings. The average Bonchev–Trinajstić information content (AvgIpc) is 2.78. The van der Waals surface area contributed by atoms with E-state index in [1.54, 1.807) is 0 Å². The molecule has 0 fully saturated rings. The summed E-state index contributed by atoms with van der Waals surface area (Å²) < 4.78 is 5.79. The van der Waals surface area contributed by atoms with Crippen LogP contribution in [0.4, 0.5) is 11.6 Å². The number of anilines is 2. The van der Waals surface area contributed by atoms with Crippen LogP contribution in [0, 0.1) is 0 Å². The fourth-order valence-corrected chi connectivity index (χ4v) is 3.27. The molecule has 1 atom stereocenters. The smallest absolute Gasteiger partial charge is 0.303 e. The molecule has 3 rings (SSSR count). The van der Waals surface area contributed by atoms with Crippen molar-refractivity contribution >= 4 is 17.6 Å². The Bertz CT molecular complexity index is 930. The van der Waals surface area contributed by atoms with Crippen molar-refractivity contribution in [2.75, 3.05) is 30.8 Å². The highest BCUT2D eigenvalue weighted by molar-refractivity contribution is 5.68. The molecule has 30 heavy (non-hydrogen) atoms. The molecule has 0 unspecified atom stereocenters. The zero-order chi connectivity index (χ0) is 21.2. The van der Waals surface area contributed by atoms with E-state index in [9.17, 15) is 9.90 Å². The van der Waals surface area contributed by atoms with Crippen LogP contribution in [-0.2, 0) is 11.2 Å². The lowest BCUT2D eigenvalue weighted by Crippen LogP contribution is -2.12. The number of carboxylic acid groups (broad SMARTS) is 1. The highest BCUT2D eigenvalue weighted by Crippen LogP contribution is 2.25. The number of rotatable bonds is 11. The molecule has 1 heterocycles. The standard InChI is InChI=1S/C24H27N3O3/c1-25-22-8-5-9-23(27-22)26-14-15-30-21-12-10-18(11-13-21)16-20(17-24(28)29)19-6-3-2-4-7-19/h2-13,20H,14-17H2,1H3,(H,28,29)(H2,25,26,27)/t20-/m0/s1. The van der Waals surface area contributed by atoms with Gasteiger partial charge in [0.05, 0.1) is 13.0 Å².